The van der Waals surface area contributed by atoms with E-state index >= 15 is 0 Å². The molecule has 0 saturated carbocycles. The van der Waals surface area contributed by atoms with Crippen molar-refractivity contribution < 1.29 is 14.3 Å². The van der Waals surface area contributed by atoms with Crippen molar-refractivity contribution in [1.82, 2.24) is 0 Å². The van der Waals surface area contributed by atoms with Gasteiger partial charge in [0.1, 0.15) is 11.2 Å². The molecule has 0 fully saturated rings. The zero-order chi connectivity index (χ0) is 12.9. The summed E-state index contributed by atoms with van der Waals surface area (Å²) >= 11 is 0. The highest BCUT2D eigenvalue weighted by Crippen LogP contribution is 2.27. The van der Waals surface area contributed by atoms with E-state index in [0.717, 1.165) is 5.56 Å². The number of esters is 1. The molecule has 0 aliphatic carbocycles. The summed E-state index contributed by atoms with van der Waals surface area (Å²) in [6.07, 6.45) is 0. The average Bonchev–Trinajstić information content (AvgIpc) is 2.38. The zero-order valence-electron chi connectivity index (χ0n) is 10.5. The van der Waals surface area contributed by atoms with Crippen molar-refractivity contribution in [2.75, 3.05) is 20.3 Å². The molecule has 0 aliphatic heterocycles. The van der Waals surface area contributed by atoms with E-state index in [0.29, 0.717) is 12.4 Å². The van der Waals surface area contributed by atoms with Gasteiger partial charge in [-0.2, -0.15) is 0 Å². The molecule has 1 atom stereocenters. The lowest BCUT2D eigenvalue weighted by molar-refractivity contribution is -0.149. The second-order valence-corrected chi connectivity index (χ2v) is 3.99. The maximum Gasteiger partial charge on any atom is 0.317 e. The van der Waals surface area contributed by atoms with Crippen LogP contribution in [0.3, 0.4) is 0 Å². The van der Waals surface area contributed by atoms with Crippen molar-refractivity contribution in [3.05, 3.63) is 29.8 Å². The van der Waals surface area contributed by atoms with E-state index in [9.17, 15) is 4.79 Å². The number of nitrogens with two attached hydrogens (primary N) is 1. The summed E-state index contributed by atoms with van der Waals surface area (Å²) in [5.41, 5.74) is 5.69. The van der Waals surface area contributed by atoms with Gasteiger partial charge >= 0.3 is 5.97 Å². The minimum atomic E-state index is -0.829. The highest BCUT2D eigenvalue weighted by atomic mass is 16.5. The minimum Gasteiger partial charge on any atom is -0.497 e. The average molecular weight is 237 g/mol. The van der Waals surface area contributed by atoms with Gasteiger partial charge in [-0.15, -0.1) is 0 Å². The van der Waals surface area contributed by atoms with E-state index in [1.165, 1.54) is 0 Å². The third kappa shape index (κ3) is 2.77. The third-order valence-corrected chi connectivity index (χ3v) is 2.84. The molecule has 0 saturated heterocycles. The summed E-state index contributed by atoms with van der Waals surface area (Å²) in [6.45, 7) is 4.09. The van der Waals surface area contributed by atoms with E-state index in [2.05, 4.69) is 0 Å². The molecule has 0 spiro atoms. The first-order valence-electron chi connectivity index (χ1n) is 5.60. The van der Waals surface area contributed by atoms with Gasteiger partial charge in [0.15, 0.2) is 0 Å². The Morgan fingerprint density at radius 3 is 2.71 bits per heavy atom. The number of methoxy groups -OCH3 is 1. The molecule has 0 unspecified atom stereocenters. The van der Waals surface area contributed by atoms with Gasteiger partial charge in [0, 0.05) is 6.54 Å². The highest BCUT2D eigenvalue weighted by Gasteiger charge is 2.35. The fourth-order valence-electron chi connectivity index (χ4n) is 1.58. The van der Waals surface area contributed by atoms with E-state index in [4.69, 9.17) is 15.2 Å². The molecular formula is C13H19NO3. The van der Waals surface area contributed by atoms with Crippen molar-refractivity contribution in [1.29, 1.82) is 0 Å². The third-order valence-electron chi connectivity index (χ3n) is 2.84. The van der Waals surface area contributed by atoms with Crippen LogP contribution >= 0.6 is 0 Å². The molecule has 0 amide bonds. The lowest BCUT2D eigenvalue weighted by atomic mass is 9.82. The molecule has 2 N–H and O–H groups in total. The summed E-state index contributed by atoms with van der Waals surface area (Å²) in [5.74, 6) is 0.391. The SMILES string of the molecule is CCOC(=O)[C@](C)(CN)c1cccc(OC)c1. The standard InChI is InChI=1S/C13H19NO3/c1-4-17-12(15)13(2,9-14)10-6-5-7-11(8-10)16-3/h5-8H,4,9,14H2,1-3H3/t13-/m1/s1. The van der Waals surface area contributed by atoms with Gasteiger partial charge in [-0.1, -0.05) is 12.1 Å². The highest BCUT2D eigenvalue weighted by molar-refractivity contribution is 5.83. The Kier molecular flexibility index (Phi) is 4.52. The second-order valence-electron chi connectivity index (χ2n) is 3.99. The number of ether oxygens (including phenoxy) is 2. The first-order valence-corrected chi connectivity index (χ1v) is 5.60. The molecule has 0 aliphatic rings. The number of hydrogen-bond donors (Lipinski definition) is 1. The van der Waals surface area contributed by atoms with Crippen LogP contribution in [-0.2, 0) is 14.9 Å². The molecular weight excluding hydrogens is 218 g/mol. The van der Waals surface area contributed by atoms with Gasteiger partial charge in [0.25, 0.3) is 0 Å². The monoisotopic (exact) mass is 237 g/mol. The number of carbonyl (C=O) groups is 1. The lowest BCUT2D eigenvalue weighted by Gasteiger charge is -2.26. The van der Waals surface area contributed by atoms with E-state index < -0.39 is 5.41 Å². The molecule has 0 heterocycles. The van der Waals surface area contributed by atoms with Crippen molar-refractivity contribution in [3.8, 4) is 5.75 Å². The normalized spacial score (nSPS) is 13.9. The van der Waals surface area contributed by atoms with Gasteiger partial charge in [0.05, 0.1) is 13.7 Å². The summed E-state index contributed by atoms with van der Waals surface area (Å²) in [7, 11) is 1.59. The molecule has 0 radical (unpaired) electrons. The Morgan fingerprint density at radius 1 is 1.47 bits per heavy atom. The van der Waals surface area contributed by atoms with Gasteiger partial charge in [-0.3, -0.25) is 4.79 Å². The smallest absolute Gasteiger partial charge is 0.317 e. The topological polar surface area (TPSA) is 61.5 Å². The van der Waals surface area contributed by atoms with Crippen LogP contribution in [-0.4, -0.2) is 26.2 Å². The van der Waals surface area contributed by atoms with Crippen LogP contribution in [0.25, 0.3) is 0 Å². The number of carbonyl (C=O) groups excluding carboxylic acids is 1. The van der Waals surface area contributed by atoms with Crippen LogP contribution in [0.1, 0.15) is 19.4 Å². The molecule has 1 aromatic carbocycles. The van der Waals surface area contributed by atoms with Crippen LogP contribution < -0.4 is 10.5 Å². The van der Waals surface area contributed by atoms with Gasteiger partial charge in [-0.05, 0) is 31.5 Å². The second kappa shape index (κ2) is 5.68. The molecule has 0 aromatic heterocycles. The maximum atomic E-state index is 12.0. The van der Waals surface area contributed by atoms with Crippen molar-refractivity contribution in [3.63, 3.8) is 0 Å². The molecule has 94 valence electrons. The predicted molar refractivity (Wildman–Crippen MR) is 66.0 cm³/mol. The van der Waals surface area contributed by atoms with Crippen molar-refractivity contribution >= 4 is 5.97 Å². The summed E-state index contributed by atoms with van der Waals surface area (Å²) in [4.78, 5) is 12.0. The number of hydrogen-bond acceptors (Lipinski definition) is 4. The Bertz CT molecular complexity index is 392. The molecule has 1 aromatic rings. The van der Waals surface area contributed by atoms with Crippen LogP contribution in [0.2, 0.25) is 0 Å². The lowest BCUT2D eigenvalue weighted by Crippen LogP contribution is -2.41. The summed E-state index contributed by atoms with van der Waals surface area (Å²) in [5, 5.41) is 0. The van der Waals surface area contributed by atoms with Crippen LogP contribution in [0.5, 0.6) is 5.75 Å². The quantitative estimate of drug-likeness (QED) is 0.788. The van der Waals surface area contributed by atoms with Crippen molar-refractivity contribution in [2.24, 2.45) is 5.73 Å². The fraction of sp³-hybridized carbons (Fsp3) is 0.462. The molecule has 1 rings (SSSR count). The summed E-state index contributed by atoms with van der Waals surface area (Å²) in [6, 6.07) is 7.32. The van der Waals surface area contributed by atoms with Gasteiger partial charge in [-0.25, -0.2) is 0 Å². The van der Waals surface area contributed by atoms with Crippen molar-refractivity contribution in [2.45, 2.75) is 19.3 Å². The van der Waals surface area contributed by atoms with E-state index in [1.807, 2.05) is 24.3 Å². The van der Waals surface area contributed by atoms with E-state index in [-0.39, 0.29) is 12.5 Å². The number of benzene rings is 1. The maximum absolute atomic E-state index is 12.0. The van der Waals surface area contributed by atoms with Crippen LogP contribution in [0, 0.1) is 0 Å². The molecule has 17 heavy (non-hydrogen) atoms. The molecule has 4 nitrogen and oxygen atoms in total. The minimum absolute atomic E-state index is 0.193. The first kappa shape index (κ1) is 13.5. The van der Waals surface area contributed by atoms with Gasteiger partial charge in [0.2, 0.25) is 0 Å². The van der Waals surface area contributed by atoms with Crippen LogP contribution in [0.4, 0.5) is 0 Å². The largest absolute Gasteiger partial charge is 0.497 e. The molecule has 4 heteroatoms. The first-order chi connectivity index (χ1) is 8.08. The Labute approximate surface area is 102 Å². The summed E-state index contributed by atoms with van der Waals surface area (Å²) < 4.78 is 10.2. The Balaban J connectivity index is 3.10. The molecule has 0 bridgehead atoms. The van der Waals surface area contributed by atoms with E-state index in [1.54, 1.807) is 21.0 Å². The Morgan fingerprint density at radius 2 is 2.18 bits per heavy atom. The predicted octanol–water partition coefficient (Wildman–Crippen LogP) is 1.47. The van der Waals surface area contributed by atoms with Crippen LogP contribution in [0.15, 0.2) is 24.3 Å². The zero-order valence-corrected chi connectivity index (χ0v) is 10.5. The fourth-order valence-corrected chi connectivity index (χ4v) is 1.58. The van der Waals surface area contributed by atoms with Gasteiger partial charge < -0.3 is 15.2 Å². The number of rotatable bonds is 5. The Hall–Kier alpha value is -1.55.